The average molecular weight is 191 g/mol. The van der Waals surface area contributed by atoms with Crippen molar-refractivity contribution < 1.29 is 0 Å². The number of hydrogen-bond donors (Lipinski definition) is 2. The fourth-order valence-corrected chi connectivity index (χ4v) is 1.55. The molecule has 2 rings (SSSR count). The van der Waals surface area contributed by atoms with E-state index in [0.717, 1.165) is 11.5 Å². The van der Waals surface area contributed by atoms with Gasteiger partial charge in [-0.3, -0.25) is 0 Å². The Balaban J connectivity index is 2.15. The lowest BCUT2D eigenvalue weighted by molar-refractivity contribution is 1.31. The van der Waals surface area contributed by atoms with Crippen LogP contribution < -0.4 is 11.1 Å². The standard InChI is InChI=1S/C9H9N3S/c10-7-1-2-9(11-5-7)12-8-3-4-13-6-8/h1-6H,10H2,(H,11,12). The van der Waals surface area contributed by atoms with Crippen LogP contribution in [0.5, 0.6) is 0 Å². The van der Waals surface area contributed by atoms with Crippen molar-refractivity contribution in [3.63, 3.8) is 0 Å². The zero-order chi connectivity index (χ0) is 9.10. The molecule has 4 heteroatoms. The van der Waals surface area contributed by atoms with E-state index in [1.807, 2.05) is 29.0 Å². The molecule has 2 aromatic heterocycles. The van der Waals surface area contributed by atoms with E-state index in [1.54, 1.807) is 17.5 Å². The van der Waals surface area contributed by atoms with Crippen molar-refractivity contribution in [1.82, 2.24) is 4.98 Å². The molecule has 0 saturated heterocycles. The van der Waals surface area contributed by atoms with Gasteiger partial charge in [0, 0.05) is 5.38 Å². The summed E-state index contributed by atoms with van der Waals surface area (Å²) in [6.45, 7) is 0. The number of pyridine rings is 1. The van der Waals surface area contributed by atoms with E-state index in [4.69, 9.17) is 5.73 Å². The monoisotopic (exact) mass is 191 g/mol. The van der Waals surface area contributed by atoms with Gasteiger partial charge < -0.3 is 11.1 Å². The van der Waals surface area contributed by atoms with Crippen molar-refractivity contribution in [2.24, 2.45) is 0 Å². The Labute approximate surface area is 80.2 Å². The fourth-order valence-electron chi connectivity index (χ4n) is 0.963. The van der Waals surface area contributed by atoms with E-state index in [9.17, 15) is 0 Å². The molecule has 0 amide bonds. The number of nitrogen functional groups attached to an aromatic ring is 1. The van der Waals surface area contributed by atoms with Gasteiger partial charge in [-0.1, -0.05) is 0 Å². The minimum absolute atomic E-state index is 0.677. The molecular formula is C9H9N3S. The lowest BCUT2D eigenvalue weighted by Crippen LogP contribution is -1.92. The molecule has 0 radical (unpaired) electrons. The highest BCUT2D eigenvalue weighted by atomic mass is 32.1. The third-order valence-electron chi connectivity index (χ3n) is 1.58. The highest BCUT2D eigenvalue weighted by Gasteiger charge is 1.94. The lowest BCUT2D eigenvalue weighted by Gasteiger charge is -2.01. The highest BCUT2D eigenvalue weighted by Crippen LogP contribution is 2.17. The number of nitrogens with zero attached hydrogens (tertiary/aromatic N) is 1. The van der Waals surface area contributed by atoms with Crippen LogP contribution in [-0.2, 0) is 0 Å². The Morgan fingerprint density at radius 1 is 1.31 bits per heavy atom. The van der Waals surface area contributed by atoms with Crippen LogP contribution in [0.4, 0.5) is 17.2 Å². The lowest BCUT2D eigenvalue weighted by atomic mass is 10.4. The molecule has 0 atom stereocenters. The van der Waals surface area contributed by atoms with Crippen molar-refractivity contribution in [2.45, 2.75) is 0 Å². The van der Waals surface area contributed by atoms with Gasteiger partial charge in [0.05, 0.1) is 17.6 Å². The summed E-state index contributed by atoms with van der Waals surface area (Å²) in [5.74, 6) is 0.813. The topological polar surface area (TPSA) is 50.9 Å². The third kappa shape index (κ3) is 1.97. The van der Waals surface area contributed by atoms with Crippen LogP contribution in [0.15, 0.2) is 35.2 Å². The number of nitrogens with one attached hydrogen (secondary N) is 1. The second-order valence-corrected chi connectivity index (χ2v) is 3.39. The first-order chi connectivity index (χ1) is 6.34. The van der Waals surface area contributed by atoms with Crippen molar-refractivity contribution in [2.75, 3.05) is 11.1 Å². The summed E-state index contributed by atoms with van der Waals surface area (Å²) in [6, 6.07) is 5.68. The predicted molar refractivity (Wildman–Crippen MR) is 56.3 cm³/mol. The smallest absolute Gasteiger partial charge is 0.130 e. The molecule has 0 unspecified atom stereocenters. The zero-order valence-electron chi connectivity index (χ0n) is 6.90. The zero-order valence-corrected chi connectivity index (χ0v) is 7.71. The van der Waals surface area contributed by atoms with Crippen molar-refractivity contribution >= 4 is 28.5 Å². The molecule has 13 heavy (non-hydrogen) atoms. The van der Waals surface area contributed by atoms with Gasteiger partial charge in [0.25, 0.3) is 0 Å². The molecule has 0 saturated carbocycles. The van der Waals surface area contributed by atoms with Crippen LogP contribution in [0.1, 0.15) is 0 Å². The van der Waals surface area contributed by atoms with Crippen molar-refractivity contribution in [3.05, 3.63) is 35.2 Å². The molecule has 0 aliphatic carbocycles. The van der Waals surface area contributed by atoms with E-state index < -0.39 is 0 Å². The number of anilines is 3. The van der Waals surface area contributed by atoms with E-state index in [2.05, 4.69) is 10.3 Å². The Morgan fingerprint density at radius 2 is 2.23 bits per heavy atom. The van der Waals surface area contributed by atoms with Crippen LogP contribution in [0.25, 0.3) is 0 Å². The quantitative estimate of drug-likeness (QED) is 0.766. The molecule has 0 aliphatic heterocycles. The molecule has 0 bridgehead atoms. The summed E-state index contributed by atoms with van der Waals surface area (Å²) in [5, 5.41) is 7.19. The summed E-state index contributed by atoms with van der Waals surface area (Å²) < 4.78 is 0. The summed E-state index contributed by atoms with van der Waals surface area (Å²) >= 11 is 1.65. The molecular weight excluding hydrogens is 182 g/mol. The van der Waals surface area contributed by atoms with E-state index in [-0.39, 0.29) is 0 Å². The van der Waals surface area contributed by atoms with Gasteiger partial charge in [-0.05, 0) is 23.6 Å². The predicted octanol–water partition coefficient (Wildman–Crippen LogP) is 2.47. The summed E-state index contributed by atoms with van der Waals surface area (Å²) in [5.41, 5.74) is 7.25. The normalized spacial score (nSPS) is 9.85. The third-order valence-corrected chi connectivity index (χ3v) is 2.26. The second-order valence-electron chi connectivity index (χ2n) is 2.61. The van der Waals surface area contributed by atoms with Crippen molar-refractivity contribution in [1.29, 1.82) is 0 Å². The van der Waals surface area contributed by atoms with Gasteiger partial charge in [0.2, 0.25) is 0 Å². The SMILES string of the molecule is Nc1ccc(Nc2ccsc2)nc1. The second kappa shape index (κ2) is 3.45. The van der Waals surface area contributed by atoms with Crippen LogP contribution in [0.3, 0.4) is 0 Å². The molecule has 0 aromatic carbocycles. The first-order valence-corrected chi connectivity index (χ1v) is 4.79. The van der Waals surface area contributed by atoms with E-state index in [1.165, 1.54) is 0 Å². The highest BCUT2D eigenvalue weighted by molar-refractivity contribution is 7.08. The van der Waals surface area contributed by atoms with Crippen molar-refractivity contribution in [3.8, 4) is 0 Å². The molecule has 0 spiro atoms. The maximum absolute atomic E-state index is 5.51. The maximum Gasteiger partial charge on any atom is 0.130 e. The average Bonchev–Trinajstić information content (AvgIpc) is 2.62. The number of aromatic nitrogens is 1. The van der Waals surface area contributed by atoms with Gasteiger partial charge in [-0.15, -0.1) is 0 Å². The van der Waals surface area contributed by atoms with Gasteiger partial charge >= 0.3 is 0 Å². The van der Waals surface area contributed by atoms with Gasteiger partial charge in [-0.2, -0.15) is 11.3 Å². The summed E-state index contributed by atoms with van der Waals surface area (Å²) in [7, 11) is 0. The molecule has 0 fully saturated rings. The minimum atomic E-state index is 0.677. The molecule has 3 nitrogen and oxygen atoms in total. The molecule has 3 N–H and O–H groups in total. The van der Waals surface area contributed by atoms with Gasteiger partial charge in [0.1, 0.15) is 5.82 Å². The molecule has 2 aromatic rings. The number of thiophene rings is 1. The Bertz CT molecular complexity index is 366. The Hall–Kier alpha value is -1.55. The first-order valence-electron chi connectivity index (χ1n) is 3.85. The van der Waals surface area contributed by atoms with E-state index in [0.29, 0.717) is 5.69 Å². The minimum Gasteiger partial charge on any atom is -0.397 e. The number of hydrogen-bond acceptors (Lipinski definition) is 4. The fraction of sp³-hybridized carbons (Fsp3) is 0. The number of rotatable bonds is 2. The van der Waals surface area contributed by atoms with Crippen LogP contribution in [0, 0.1) is 0 Å². The van der Waals surface area contributed by atoms with Crippen LogP contribution in [-0.4, -0.2) is 4.98 Å². The first kappa shape index (κ1) is 8.07. The Morgan fingerprint density at radius 3 is 2.85 bits per heavy atom. The molecule has 66 valence electrons. The number of nitrogens with two attached hydrogens (primary N) is 1. The largest absolute Gasteiger partial charge is 0.397 e. The van der Waals surface area contributed by atoms with Crippen LogP contribution in [0.2, 0.25) is 0 Å². The maximum atomic E-state index is 5.51. The van der Waals surface area contributed by atoms with E-state index >= 15 is 0 Å². The van der Waals surface area contributed by atoms with Gasteiger partial charge in [0.15, 0.2) is 0 Å². The molecule has 0 aliphatic rings. The summed E-state index contributed by atoms with van der Waals surface area (Å²) in [4.78, 5) is 4.12. The molecule has 2 heterocycles. The summed E-state index contributed by atoms with van der Waals surface area (Å²) in [6.07, 6.45) is 1.63. The van der Waals surface area contributed by atoms with Gasteiger partial charge in [-0.25, -0.2) is 4.98 Å². The Kier molecular flexibility index (Phi) is 2.14. The van der Waals surface area contributed by atoms with Crippen LogP contribution >= 0.6 is 11.3 Å².